The monoisotopic (exact) mass is 445 g/mol. The summed E-state index contributed by atoms with van der Waals surface area (Å²) in [6.07, 6.45) is 0.550. The number of nitrogens with two attached hydrogens (primary N) is 4. The van der Waals surface area contributed by atoms with Crippen LogP contribution in [0, 0.1) is 0 Å². The van der Waals surface area contributed by atoms with E-state index in [9.17, 15) is 28.8 Å². The second-order valence-corrected chi connectivity index (χ2v) is 6.80. The summed E-state index contributed by atoms with van der Waals surface area (Å²) in [5.41, 5.74) is 21.2. The molecule has 12 N–H and O–H groups in total. The van der Waals surface area contributed by atoms with Crippen LogP contribution in [-0.4, -0.2) is 71.8 Å². The Morgan fingerprint density at radius 2 is 1.48 bits per heavy atom. The first-order valence-corrected chi connectivity index (χ1v) is 9.60. The van der Waals surface area contributed by atoms with E-state index in [0.29, 0.717) is 25.8 Å². The molecule has 0 radical (unpaired) electrons. The number of carboxylic acid groups (broad SMARTS) is 1. The molecule has 0 aromatic carbocycles. The van der Waals surface area contributed by atoms with Crippen LogP contribution in [0.1, 0.15) is 38.5 Å². The fourth-order valence-corrected chi connectivity index (χ4v) is 2.41. The zero-order chi connectivity index (χ0) is 24.0. The Bertz CT molecular complexity index is 671. The van der Waals surface area contributed by atoms with Gasteiger partial charge in [0, 0.05) is 6.42 Å². The summed E-state index contributed by atoms with van der Waals surface area (Å²) < 4.78 is 0. The van der Waals surface area contributed by atoms with Crippen molar-refractivity contribution in [2.24, 2.45) is 22.9 Å². The molecule has 0 rings (SSSR count). The predicted octanol–water partition coefficient (Wildman–Crippen LogP) is -4.25. The Balaban J connectivity index is 4.80. The summed E-state index contributed by atoms with van der Waals surface area (Å²) in [6, 6.07) is -3.69. The third kappa shape index (κ3) is 12.8. The standard InChI is InChI=1S/C17H31N7O7/c18-6-2-1-3-9(19)15(28)24-11(7-13(21)26)16(29)22-8-14(27)23-10(17(30)31)4-5-12(20)25/h9-11H,1-8,18-19H2,(H2,20,25)(H2,21,26)(H,22,29)(H,23,27)(H,24,28)(H,30,31). The van der Waals surface area contributed by atoms with E-state index in [1.165, 1.54) is 0 Å². The highest BCUT2D eigenvalue weighted by molar-refractivity contribution is 5.95. The van der Waals surface area contributed by atoms with Gasteiger partial charge in [0.1, 0.15) is 12.1 Å². The van der Waals surface area contributed by atoms with Crippen LogP contribution in [-0.2, 0) is 28.8 Å². The summed E-state index contributed by atoms with van der Waals surface area (Å²) in [5.74, 6) is -5.43. The lowest BCUT2D eigenvalue weighted by molar-refractivity contribution is -0.142. The van der Waals surface area contributed by atoms with E-state index in [1.54, 1.807) is 0 Å². The number of rotatable bonds is 16. The van der Waals surface area contributed by atoms with Crippen molar-refractivity contribution in [3.05, 3.63) is 0 Å². The normalized spacial score (nSPS) is 13.4. The van der Waals surface area contributed by atoms with Gasteiger partial charge >= 0.3 is 5.97 Å². The maximum atomic E-state index is 12.3. The molecule has 176 valence electrons. The molecule has 14 nitrogen and oxygen atoms in total. The highest BCUT2D eigenvalue weighted by atomic mass is 16.4. The van der Waals surface area contributed by atoms with Crippen LogP contribution in [0.15, 0.2) is 0 Å². The molecule has 0 aromatic rings. The van der Waals surface area contributed by atoms with Gasteiger partial charge in [-0.05, 0) is 25.8 Å². The van der Waals surface area contributed by atoms with Gasteiger partial charge in [0.2, 0.25) is 29.5 Å². The van der Waals surface area contributed by atoms with Gasteiger partial charge < -0.3 is 44.0 Å². The third-order valence-electron chi connectivity index (χ3n) is 4.08. The van der Waals surface area contributed by atoms with Crippen molar-refractivity contribution in [2.75, 3.05) is 13.1 Å². The summed E-state index contributed by atoms with van der Waals surface area (Å²) in [4.78, 5) is 69.5. The number of hydrogen-bond donors (Lipinski definition) is 8. The van der Waals surface area contributed by atoms with Gasteiger partial charge in [0.15, 0.2) is 0 Å². The number of carbonyl (C=O) groups is 6. The highest BCUT2D eigenvalue weighted by Crippen LogP contribution is 2.01. The highest BCUT2D eigenvalue weighted by Gasteiger charge is 2.26. The molecule has 5 amide bonds. The van der Waals surface area contributed by atoms with E-state index < -0.39 is 66.6 Å². The molecule has 14 heteroatoms. The minimum Gasteiger partial charge on any atom is -0.480 e. The van der Waals surface area contributed by atoms with Crippen LogP contribution in [0.5, 0.6) is 0 Å². The molecule has 0 saturated heterocycles. The van der Waals surface area contributed by atoms with Gasteiger partial charge in [-0.25, -0.2) is 4.79 Å². The maximum absolute atomic E-state index is 12.3. The number of amides is 5. The molecule has 3 unspecified atom stereocenters. The average molecular weight is 445 g/mol. The van der Waals surface area contributed by atoms with E-state index in [1.807, 2.05) is 0 Å². The molecular formula is C17H31N7O7. The van der Waals surface area contributed by atoms with Crippen molar-refractivity contribution in [3.63, 3.8) is 0 Å². The van der Waals surface area contributed by atoms with Gasteiger partial charge in [-0.15, -0.1) is 0 Å². The van der Waals surface area contributed by atoms with Gasteiger partial charge in [-0.1, -0.05) is 6.42 Å². The number of nitrogens with one attached hydrogen (secondary N) is 3. The summed E-state index contributed by atoms with van der Waals surface area (Å²) in [5, 5.41) is 15.7. The van der Waals surface area contributed by atoms with Crippen molar-refractivity contribution < 1.29 is 33.9 Å². The molecule has 3 atom stereocenters. The molecule has 0 saturated carbocycles. The van der Waals surface area contributed by atoms with Crippen LogP contribution in [0.4, 0.5) is 0 Å². The second-order valence-electron chi connectivity index (χ2n) is 6.80. The Kier molecular flexibility index (Phi) is 13.1. The van der Waals surface area contributed by atoms with E-state index in [-0.39, 0.29) is 12.8 Å². The van der Waals surface area contributed by atoms with Crippen LogP contribution < -0.4 is 38.9 Å². The topological polar surface area (TPSA) is 263 Å². The fourth-order valence-electron chi connectivity index (χ4n) is 2.41. The number of hydrogen-bond acceptors (Lipinski definition) is 8. The largest absolute Gasteiger partial charge is 0.480 e. The molecule has 0 spiro atoms. The lowest BCUT2D eigenvalue weighted by Gasteiger charge is -2.20. The molecule has 0 heterocycles. The average Bonchev–Trinajstić information content (AvgIpc) is 2.67. The first-order chi connectivity index (χ1) is 14.5. The molecule has 0 aliphatic rings. The van der Waals surface area contributed by atoms with Crippen molar-refractivity contribution in [1.82, 2.24) is 16.0 Å². The summed E-state index contributed by atoms with van der Waals surface area (Å²) in [7, 11) is 0. The molecule has 0 aliphatic heterocycles. The minimum atomic E-state index is -1.39. The molecule has 0 fully saturated rings. The third-order valence-corrected chi connectivity index (χ3v) is 4.08. The molecule has 0 aromatic heterocycles. The Morgan fingerprint density at radius 1 is 0.839 bits per heavy atom. The molecular weight excluding hydrogens is 414 g/mol. The van der Waals surface area contributed by atoms with Crippen molar-refractivity contribution in [1.29, 1.82) is 0 Å². The summed E-state index contributed by atoms with van der Waals surface area (Å²) >= 11 is 0. The zero-order valence-corrected chi connectivity index (χ0v) is 17.1. The van der Waals surface area contributed by atoms with Crippen LogP contribution in [0.3, 0.4) is 0 Å². The van der Waals surface area contributed by atoms with E-state index in [2.05, 4.69) is 16.0 Å². The molecule has 0 aliphatic carbocycles. The van der Waals surface area contributed by atoms with Gasteiger partial charge in [-0.3, -0.25) is 24.0 Å². The predicted molar refractivity (Wildman–Crippen MR) is 108 cm³/mol. The SMILES string of the molecule is NCCCCC(N)C(=O)NC(CC(N)=O)C(=O)NCC(=O)NC(CCC(N)=O)C(=O)O. The van der Waals surface area contributed by atoms with Crippen LogP contribution in [0.2, 0.25) is 0 Å². The maximum Gasteiger partial charge on any atom is 0.326 e. The van der Waals surface area contributed by atoms with Crippen molar-refractivity contribution >= 4 is 35.5 Å². The lowest BCUT2D eigenvalue weighted by atomic mass is 10.1. The minimum absolute atomic E-state index is 0.229. The zero-order valence-electron chi connectivity index (χ0n) is 17.1. The smallest absolute Gasteiger partial charge is 0.326 e. The van der Waals surface area contributed by atoms with Gasteiger partial charge in [-0.2, -0.15) is 0 Å². The van der Waals surface area contributed by atoms with Gasteiger partial charge in [0.25, 0.3) is 0 Å². The first-order valence-electron chi connectivity index (χ1n) is 9.60. The van der Waals surface area contributed by atoms with E-state index in [0.717, 1.165) is 0 Å². The number of primary amides is 2. The second kappa shape index (κ2) is 14.7. The summed E-state index contributed by atoms with van der Waals surface area (Å²) in [6.45, 7) is -0.207. The Morgan fingerprint density at radius 3 is 2.00 bits per heavy atom. The Hall–Kier alpha value is -3.26. The van der Waals surface area contributed by atoms with E-state index >= 15 is 0 Å². The van der Waals surface area contributed by atoms with Crippen molar-refractivity contribution in [3.8, 4) is 0 Å². The number of carboxylic acids is 1. The quantitative estimate of drug-likeness (QED) is 0.107. The van der Waals surface area contributed by atoms with Crippen molar-refractivity contribution in [2.45, 2.75) is 56.7 Å². The molecule has 31 heavy (non-hydrogen) atoms. The van der Waals surface area contributed by atoms with Crippen LogP contribution in [0.25, 0.3) is 0 Å². The number of unbranched alkanes of at least 4 members (excludes halogenated alkanes) is 1. The number of carbonyl (C=O) groups excluding carboxylic acids is 5. The molecule has 0 bridgehead atoms. The van der Waals surface area contributed by atoms with E-state index in [4.69, 9.17) is 28.0 Å². The fraction of sp³-hybridized carbons (Fsp3) is 0.647. The number of aliphatic carboxylic acids is 1. The van der Waals surface area contributed by atoms with Gasteiger partial charge in [0.05, 0.1) is 19.0 Å². The van der Waals surface area contributed by atoms with Crippen LogP contribution >= 0.6 is 0 Å². The Labute approximate surface area is 178 Å². The first kappa shape index (κ1) is 27.7. The lowest BCUT2D eigenvalue weighted by Crippen LogP contribution is -2.54.